The average Bonchev–Trinajstić information content (AvgIpc) is 3.01. The number of imidazole rings is 1. The third-order valence-corrected chi connectivity index (χ3v) is 4.92. The van der Waals surface area contributed by atoms with Crippen molar-refractivity contribution in [3.63, 3.8) is 0 Å². The fraction of sp³-hybridized carbons (Fsp3) is 0.500. The van der Waals surface area contributed by atoms with E-state index in [-0.39, 0.29) is 5.91 Å². The summed E-state index contributed by atoms with van der Waals surface area (Å²) in [6.07, 6.45) is 1.89. The van der Waals surface area contributed by atoms with Gasteiger partial charge in [0.1, 0.15) is 5.65 Å². The lowest BCUT2D eigenvalue weighted by atomic mass is 10.2. The van der Waals surface area contributed by atoms with Crippen molar-refractivity contribution in [3.05, 3.63) is 35.3 Å². The zero-order chi connectivity index (χ0) is 18.8. The Kier molecular flexibility index (Phi) is 5.24. The summed E-state index contributed by atoms with van der Waals surface area (Å²) in [7, 11) is 1.81. The van der Waals surface area contributed by atoms with Crippen LogP contribution in [-0.2, 0) is 16.1 Å². The number of hydrogen-bond donors (Lipinski definition) is 1. The Labute approximate surface area is 152 Å². The molecule has 2 amide bonds. The average molecular weight is 359 g/mol. The molecular weight excluding hydrogens is 334 g/mol. The summed E-state index contributed by atoms with van der Waals surface area (Å²) >= 11 is 0. The lowest BCUT2D eigenvalue weighted by Gasteiger charge is -2.27. The van der Waals surface area contributed by atoms with Gasteiger partial charge in [-0.15, -0.1) is 0 Å². The number of rotatable bonds is 5. The Bertz CT molecular complexity index is 826. The van der Waals surface area contributed by atoms with Crippen molar-refractivity contribution in [1.29, 1.82) is 0 Å². The number of pyridine rings is 1. The van der Waals surface area contributed by atoms with E-state index in [9.17, 15) is 9.59 Å². The highest BCUT2D eigenvalue weighted by atomic mass is 16.5. The molecule has 0 aromatic carbocycles. The Morgan fingerprint density at radius 3 is 2.73 bits per heavy atom. The number of morpholine rings is 1. The second-order valence-corrected chi connectivity index (χ2v) is 6.69. The molecule has 3 heterocycles. The molecule has 1 fully saturated rings. The number of aryl methyl sites for hydroxylation is 1. The predicted molar refractivity (Wildman–Crippen MR) is 96.8 cm³/mol. The van der Waals surface area contributed by atoms with Crippen LogP contribution in [0.5, 0.6) is 0 Å². The third kappa shape index (κ3) is 3.42. The first-order valence-electron chi connectivity index (χ1n) is 8.73. The van der Waals surface area contributed by atoms with E-state index in [4.69, 9.17) is 10.5 Å². The molecule has 2 aromatic heterocycles. The number of nitrogens with two attached hydrogens (primary N) is 1. The minimum Gasteiger partial charge on any atom is -0.378 e. The molecule has 1 aliphatic heterocycles. The number of likely N-dealkylation sites (N-methyl/N-ethyl adjacent to an activating group) is 1. The van der Waals surface area contributed by atoms with Crippen LogP contribution in [0.2, 0.25) is 0 Å². The number of carbonyl (C=O) groups excluding carboxylic acids is 2. The fourth-order valence-electron chi connectivity index (χ4n) is 3.08. The second kappa shape index (κ2) is 7.43. The number of nitrogens with zero attached hydrogens (tertiary/aromatic N) is 4. The van der Waals surface area contributed by atoms with Gasteiger partial charge >= 0.3 is 0 Å². The summed E-state index contributed by atoms with van der Waals surface area (Å²) in [5.74, 6) is -0.509. The molecule has 8 heteroatoms. The lowest BCUT2D eigenvalue weighted by molar-refractivity contribution is -0.122. The fourth-order valence-corrected chi connectivity index (χ4v) is 3.08. The minimum atomic E-state index is -0.448. The van der Waals surface area contributed by atoms with Gasteiger partial charge in [0.25, 0.3) is 5.91 Å². The lowest BCUT2D eigenvalue weighted by Crippen LogP contribution is -2.42. The van der Waals surface area contributed by atoms with Crippen molar-refractivity contribution in [2.75, 3.05) is 33.4 Å². The number of primary amides is 1. The third-order valence-electron chi connectivity index (χ3n) is 4.92. The van der Waals surface area contributed by atoms with Gasteiger partial charge in [-0.3, -0.25) is 14.5 Å². The summed E-state index contributed by atoms with van der Waals surface area (Å²) in [6, 6.07) is 3.44. The van der Waals surface area contributed by atoms with Crippen LogP contribution in [0.25, 0.3) is 5.65 Å². The van der Waals surface area contributed by atoms with E-state index in [0.717, 1.165) is 16.9 Å². The largest absolute Gasteiger partial charge is 0.378 e. The first-order valence-corrected chi connectivity index (χ1v) is 8.73. The maximum absolute atomic E-state index is 13.1. The van der Waals surface area contributed by atoms with Gasteiger partial charge in [0.05, 0.1) is 24.9 Å². The monoisotopic (exact) mass is 359 g/mol. The molecule has 2 N–H and O–H groups in total. The van der Waals surface area contributed by atoms with E-state index in [2.05, 4.69) is 4.98 Å². The molecule has 8 nitrogen and oxygen atoms in total. The number of carbonyl (C=O) groups is 2. The second-order valence-electron chi connectivity index (χ2n) is 6.69. The summed E-state index contributed by atoms with van der Waals surface area (Å²) in [4.78, 5) is 32.8. The minimum absolute atomic E-state index is 0.105. The van der Waals surface area contributed by atoms with Gasteiger partial charge in [-0.05, 0) is 32.5 Å². The summed E-state index contributed by atoms with van der Waals surface area (Å²) in [6.45, 7) is 6.28. The van der Waals surface area contributed by atoms with Crippen molar-refractivity contribution >= 4 is 17.5 Å². The number of fused-ring (bicyclic) bond motifs is 1. The highest BCUT2D eigenvalue weighted by Gasteiger charge is 2.27. The molecule has 0 radical (unpaired) electrons. The van der Waals surface area contributed by atoms with Crippen LogP contribution >= 0.6 is 0 Å². The molecule has 0 unspecified atom stereocenters. The molecule has 1 atom stereocenters. The Hall–Kier alpha value is -2.45. The van der Waals surface area contributed by atoms with E-state index in [1.807, 2.05) is 41.6 Å². The zero-order valence-electron chi connectivity index (χ0n) is 15.4. The normalized spacial score (nSPS) is 16.2. The van der Waals surface area contributed by atoms with E-state index in [0.29, 0.717) is 38.5 Å². The highest BCUT2D eigenvalue weighted by molar-refractivity contribution is 5.94. The zero-order valence-corrected chi connectivity index (χ0v) is 15.4. The Morgan fingerprint density at radius 2 is 2.08 bits per heavy atom. The SMILES string of the molecule is Cc1cccn2c(CN(C)[C@H](C)C(N)=O)c(C(=O)N3CCOCC3)nc12. The maximum Gasteiger partial charge on any atom is 0.274 e. The Morgan fingerprint density at radius 1 is 1.38 bits per heavy atom. The van der Waals surface area contributed by atoms with Crippen molar-refractivity contribution in [1.82, 2.24) is 19.2 Å². The van der Waals surface area contributed by atoms with Crippen LogP contribution in [0, 0.1) is 6.92 Å². The van der Waals surface area contributed by atoms with Gasteiger partial charge in [-0.1, -0.05) is 6.07 Å². The summed E-state index contributed by atoms with van der Waals surface area (Å²) < 4.78 is 7.26. The number of amides is 2. The quantitative estimate of drug-likeness (QED) is 0.835. The standard InChI is InChI=1S/C18H25N5O3/c1-12-5-4-6-23-14(11-21(3)13(2)16(19)24)15(20-17(12)23)18(25)22-7-9-26-10-8-22/h4-6,13H,7-11H2,1-3H3,(H2,19,24)/t13-/m1/s1. The topological polar surface area (TPSA) is 93.2 Å². The molecule has 0 bridgehead atoms. The molecule has 0 saturated carbocycles. The predicted octanol–water partition coefficient (Wildman–Crippen LogP) is 0.421. The molecule has 26 heavy (non-hydrogen) atoms. The molecule has 140 valence electrons. The molecule has 3 rings (SSSR count). The van der Waals surface area contributed by atoms with Gasteiger partial charge in [0.15, 0.2) is 5.69 Å². The molecule has 0 spiro atoms. The first-order chi connectivity index (χ1) is 12.4. The molecule has 1 saturated heterocycles. The van der Waals surface area contributed by atoms with Crippen LogP contribution < -0.4 is 5.73 Å². The van der Waals surface area contributed by atoms with Gasteiger partial charge in [-0.25, -0.2) is 4.98 Å². The van der Waals surface area contributed by atoms with E-state index < -0.39 is 11.9 Å². The van der Waals surface area contributed by atoms with E-state index >= 15 is 0 Å². The summed E-state index contributed by atoms with van der Waals surface area (Å²) in [5.41, 5.74) is 8.34. The number of ether oxygens (including phenoxy) is 1. The molecule has 0 aliphatic carbocycles. The number of hydrogen-bond acceptors (Lipinski definition) is 5. The summed E-state index contributed by atoms with van der Waals surface area (Å²) in [5, 5.41) is 0. The maximum atomic E-state index is 13.1. The first kappa shape index (κ1) is 18.3. The highest BCUT2D eigenvalue weighted by Crippen LogP contribution is 2.20. The molecular formula is C18H25N5O3. The van der Waals surface area contributed by atoms with Crippen molar-refractivity contribution in [2.45, 2.75) is 26.4 Å². The van der Waals surface area contributed by atoms with E-state index in [1.165, 1.54) is 0 Å². The van der Waals surface area contributed by atoms with E-state index in [1.54, 1.807) is 11.8 Å². The Balaban J connectivity index is 2.02. The number of aromatic nitrogens is 2. The van der Waals surface area contributed by atoms with Crippen LogP contribution in [0.1, 0.15) is 28.7 Å². The van der Waals surface area contributed by atoms with Crippen LogP contribution in [0.15, 0.2) is 18.3 Å². The van der Waals surface area contributed by atoms with Crippen molar-refractivity contribution < 1.29 is 14.3 Å². The van der Waals surface area contributed by atoms with Crippen molar-refractivity contribution in [3.8, 4) is 0 Å². The van der Waals surface area contributed by atoms with Gasteiger partial charge in [0, 0.05) is 25.8 Å². The van der Waals surface area contributed by atoms with Gasteiger partial charge in [0.2, 0.25) is 5.91 Å². The molecule has 1 aliphatic rings. The van der Waals surface area contributed by atoms with Crippen LogP contribution in [0.3, 0.4) is 0 Å². The molecule has 2 aromatic rings. The van der Waals surface area contributed by atoms with Crippen LogP contribution in [-0.4, -0.2) is 70.4 Å². The smallest absolute Gasteiger partial charge is 0.274 e. The van der Waals surface area contributed by atoms with Gasteiger partial charge < -0.3 is 19.8 Å². The van der Waals surface area contributed by atoms with Gasteiger partial charge in [-0.2, -0.15) is 0 Å². The van der Waals surface area contributed by atoms with Crippen molar-refractivity contribution in [2.24, 2.45) is 5.73 Å². The van der Waals surface area contributed by atoms with Crippen LogP contribution in [0.4, 0.5) is 0 Å².